The van der Waals surface area contributed by atoms with E-state index in [1.165, 1.54) is 18.6 Å². The average Bonchev–Trinajstić information content (AvgIpc) is 2.32. The predicted octanol–water partition coefficient (Wildman–Crippen LogP) is 2.92. The molecule has 78 valence electrons. The third-order valence-corrected chi connectivity index (χ3v) is 2.51. The van der Waals surface area contributed by atoms with Crippen LogP contribution in [0.2, 0.25) is 0 Å². The molecule has 0 fully saturated rings. The van der Waals surface area contributed by atoms with E-state index >= 15 is 0 Å². The minimum absolute atomic E-state index is 0.250. The van der Waals surface area contributed by atoms with Crippen molar-refractivity contribution in [1.29, 1.82) is 5.26 Å². The zero-order valence-electron chi connectivity index (χ0n) is 7.98. The Labute approximate surface area is 99.7 Å². The van der Waals surface area contributed by atoms with Gasteiger partial charge in [-0.2, -0.15) is 5.26 Å². The van der Waals surface area contributed by atoms with Crippen molar-refractivity contribution in [2.75, 3.05) is 0 Å². The van der Waals surface area contributed by atoms with Gasteiger partial charge in [-0.05, 0) is 18.2 Å². The minimum atomic E-state index is -0.418. The van der Waals surface area contributed by atoms with Crippen molar-refractivity contribution in [2.45, 2.75) is 0 Å². The van der Waals surface area contributed by atoms with Crippen LogP contribution in [0.25, 0.3) is 11.3 Å². The number of nitrogens with zero attached hydrogens (tertiary/aromatic N) is 3. The van der Waals surface area contributed by atoms with Gasteiger partial charge in [0.25, 0.3) is 0 Å². The summed E-state index contributed by atoms with van der Waals surface area (Å²) >= 11 is 3.25. The standard InChI is InChI=1S/C11H5BrFN3/c12-8-1-2-10(13)9(3-8)11-7(4-14)5-15-6-16-11/h1-3,5-6H. The summed E-state index contributed by atoms with van der Waals surface area (Å²) in [6.07, 6.45) is 2.65. The highest BCUT2D eigenvalue weighted by molar-refractivity contribution is 9.10. The maximum Gasteiger partial charge on any atom is 0.132 e. The van der Waals surface area contributed by atoms with E-state index < -0.39 is 5.82 Å². The molecule has 0 aliphatic heterocycles. The van der Waals surface area contributed by atoms with Gasteiger partial charge < -0.3 is 0 Å². The van der Waals surface area contributed by atoms with Crippen LogP contribution in [-0.2, 0) is 0 Å². The molecule has 2 rings (SSSR count). The van der Waals surface area contributed by atoms with E-state index in [0.29, 0.717) is 5.69 Å². The lowest BCUT2D eigenvalue weighted by Crippen LogP contribution is -1.93. The van der Waals surface area contributed by atoms with Crippen LogP contribution in [0.15, 0.2) is 35.2 Å². The maximum absolute atomic E-state index is 13.6. The first-order valence-electron chi connectivity index (χ1n) is 4.38. The summed E-state index contributed by atoms with van der Waals surface area (Å²) in [5.41, 5.74) is 0.837. The van der Waals surface area contributed by atoms with Gasteiger partial charge in [-0.15, -0.1) is 0 Å². The summed E-state index contributed by atoms with van der Waals surface area (Å²) in [7, 11) is 0. The first-order chi connectivity index (χ1) is 7.72. The smallest absolute Gasteiger partial charge is 0.132 e. The highest BCUT2D eigenvalue weighted by Gasteiger charge is 2.11. The van der Waals surface area contributed by atoms with Gasteiger partial charge in [0.05, 0.1) is 11.3 Å². The van der Waals surface area contributed by atoms with Crippen LogP contribution in [0.5, 0.6) is 0 Å². The Hall–Kier alpha value is -1.80. The first-order valence-corrected chi connectivity index (χ1v) is 5.17. The van der Waals surface area contributed by atoms with Crippen LogP contribution in [-0.4, -0.2) is 9.97 Å². The number of halogens is 2. The first kappa shape index (κ1) is 10.7. The summed E-state index contributed by atoms with van der Waals surface area (Å²) in [5.74, 6) is -0.418. The molecule has 5 heteroatoms. The minimum Gasteiger partial charge on any atom is -0.243 e. The molecule has 0 saturated heterocycles. The molecule has 16 heavy (non-hydrogen) atoms. The topological polar surface area (TPSA) is 49.6 Å². The van der Waals surface area contributed by atoms with Gasteiger partial charge in [0.15, 0.2) is 0 Å². The molecule has 0 unspecified atom stereocenters. The van der Waals surface area contributed by atoms with Crippen LogP contribution in [0, 0.1) is 17.1 Å². The molecule has 0 radical (unpaired) electrons. The lowest BCUT2D eigenvalue weighted by atomic mass is 10.1. The zero-order valence-corrected chi connectivity index (χ0v) is 9.57. The van der Waals surface area contributed by atoms with E-state index in [2.05, 4.69) is 25.9 Å². The van der Waals surface area contributed by atoms with Gasteiger partial charge in [0, 0.05) is 16.2 Å². The van der Waals surface area contributed by atoms with Crippen molar-refractivity contribution >= 4 is 15.9 Å². The predicted molar refractivity (Wildman–Crippen MR) is 59.8 cm³/mol. The molecule has 0 N–H and O–H groups in total. The van der Waals surface area contributed by atoms with Gasteiger partial charge in [0.1, 0.15) is 18.2 Å². The number of benzene rings is 1. The second-order valence-electron chi connectivity index (χ2n) is 3.02. The Bertz CT molecular complexity index is 578. The van der Waals surface area contributed by atoms with Gasteiger partial charge in [-0.1, -0.05) is 15.9 Å². The fourth-order valence-corrected chi connectivity index (χ4v) is 1.67. The fraction of sp³-hybridized carbons (Fsp3) is 0. The third kappa shape index (κ3) is 1.92. The van der Waals surface area contributed by atoms with Gasteiger partial charge in [-0.3, -0.25) is 0 Å². The Balaban J connectivity index is 2.68. The number of aromatic nitrogens is 2. The second kappa shape index (κ2) is 4.37. The third-order valence-electron chi connectivity index (χ3n) is 2.02. The lowest BCUT2D eigenvalue weighted by molar-refractivity contribution is 0.630. The largest absolute Gasteiger partial charge is 0.243 e. The van der Waals surface area contributed by atoms with Crippen molar-refractivity contribution in [3.05, 3.63) is 46.6 Å². The Morgan fingerprint density at radius 1 is 1.38 bits per heavy atom. The van der Waals surface area contributed by atoms with E-state index in [1.54, 1.807) is 12.1 Å². The van der Waals surface area contributed by atoms with Crippen molar-refractivity contribution in [1.82, 2.24) is 9.97 Å². The highest BCUT2D eigenvalue weighted by Crippen LogP contribution is 2.26. The molecular weight excluding hydrogens is 273 g/mol. The molecule has 3 nitrogen and oxygen atoms in total. The Kier molecular flexibility index (Phi) is 2.93. The van der Waals surface area contributed by atoms with E-state index in [9.17, 15) is 4.39 Å². The summed E-state index contributed by atoms with van der Waals surface area (Å²) in [6.45, 7) is 0. The van der Waals surface area contributed by atoms with E-state index in [4.69, 9.17) is 5.26 Å². The quantitative estimate of drug-likeness (QED) is 0.805. The van der Waals surface area contributed by atoms with Crippen LogP contribution >= 0.6 is 15.9 Å². The molecule has 0 saturated carbocycles. The molecule has 0 aliphatic rings. The van der Waals surface area contributed by atoms with E-state index in [0.717, 1.165) is 4.47 Å². The van der Waals surface area contributed by atoms with Gasteiger partial charge in [-0.25, -0.2) is 14.4 Å². The van der Waals surface area contributed by atoms with Crippen LogP contribution in [0.3, 0.4) is 0 Å². The molecule has 1 aromatic carbocycles. The molecule has 0 atom stereocenters. The van der Waals surface area contributed by atoms with Crippen LogP contribution in [0.1, 0.15) is 5.56 Å². The number of nitriles is 1. The summed E-state index contributed by atoms with van der Waals surface area (Å²) in [6, 6.07) is 6.43. The Morgan fingerprint density at radius 2 is 2.19 bits per heavy atom. The fourth-order valence-electron chi connectivity index (χ4n) is 1.31. The van der Waals surface area contributed by atoms with Crippen LogP contribution in [0.4, 0.5) is 4.39 Å². The Morgan fingerprint density at radius 3 is 2.94 bits per heavy atom. The van der Waals surface area contributed by atoms with Gasteiger partial charge >= 0.3 is 0 Å². The molecule has 2 aromatic rings. The average molecular weight is 278 g/mol. The molecule has 0 spiro atoms. The molecule has 0 amide bonds. The monoisotopic (exact) mass is 277 g/mol. The van der Waals surface area contributed by atoms with E-state index in [-0.39, 0.29) is 11.1 Å². The van der Waals surface area contributed by atoms with Crippen molar-refractivity contribution in [3.8, 4) is 17.3 Å². The summed E-state index contributed by atoms with van der Waals surface area (Å²) in [5, 5.41) is 8.88. The van der Waals surface area contributed by atoms with Crippen molar-refractivity contribution in [3.63, 3.8) is 0 Å². The van der Waals surface area contributed by atoms with E-state index in [1.807, 2.05) is 6.07 Å². The molecule has 1 aromatic heterocycles. The number of rotatable bonds is 1. The highest BCUT2D eigenvalue weighted by atomic mass is 79.9. The lowest BCUT2D eigenvalue weighted by Gasteiger charge is -2.04. The summed E-state index contributed by atoms with van der Waals surface area (Å²) < 4.78 is 14.3. The zero-order chi connectivity index (χ0) is 11.5. The maximum atomic E-state index is 13.6. The van der Waals surface area contributed by atoms with Gasteiger partial charge in [0.2, 0.25) is 0 Å². The second-order valence-corrected chi connectivity index (χ2v) is 3.94. The number of hydrogen-bond acceptors (Lipinski definition) is 3. The molecule has 0 bridgehead atoms. The summed E-state index contributed by atoms with van der Waals surface area (Å²) in [4.78, 5) is 7.65. The SMILES string of the molecule is N#Cc1cncnc1-c1cc(Br)ccc1F. The van der Waals surface area contributed by atoms with Crippen molar-refractivity contribution in [2.24, 2.45) is 0 Å². The molecular formula is C11H5BrFN3. The molecule has 1 heterocycles. The van der Waals surface area contributed by atoms with Crippen LogP contribution < -0.4 is 0 Å². The number of hydrogen-bond donors (Lipinski definition) is 0. The normalized spacial score (nSPS) is 9.81. The van der Waals surface area contributed by atoms with Crippen molar-refractivity contribution < 1.29 is 4.39 Å². The molecule has 0 aliphatic carbocycles.